The number of nitrogens with zero attached hydrogens (tertiary/aromatic N) is 2. The maximum absolute atomic E-state index is 14.3. The number of nitriles is 1. The van der Waals surface area contributed by atoms with Crippen LogP contribution in [0.1, 0.15) is 78.1 Å². The summed E-state index contributed by atoms with van der Waals surface area (Å²) >= 11 is 0. The molecule has 0 spiro atoms. The number of esters is 1. The normalized spacial score (nSPS) is 13.5. The van der Waals surface area contributed by atoms with Crippen LogP contribution in [0, 0.1) is 24.2 Å². The molecule has 0 saturated heterocycles. The van der Waals surface area contributed by atoms with Crippen molar-refractivity contribution in [1.82, 2.24) is 15.5 Å². The molecule has 0 heterocycles. The summed E-state index contributed by atoms with van der Waals surface area (Å²) in [7, 11) is 0. The van der Waals surface area contributed by atoms with E-state index in [0.29, 0.717) is 5.56 Å². The fraction of sp³-hybridized carbons (Fsp3) is 0.500. The van der Waals surface area contributed by atoms with Gasteiger partial charge in [-0.25, -0.2) is 9.59 Å². The molecule has 0 aromatic heterocycles. The summed E-state index contributed by atoms with van der Waals surface area (Å²) in [6.45, 7) is 14.6. The molecule has 0 radical (unpaired) electrons. The number of carbonyl (C=O) groups is 4. The molecule has 0 fully saturated rings. The summed E-state index contributed by atoms with van der Waals surface area (Å²) in [4.78, 5) is 55.4. The van der Waals surface area contributed by atoms with Crippen LogP contribution in [0.25, 0.3) is 0 Å². The zero-order valence-corrected chi connectivity index (χ0v) is 27.6. The number of hydrogen-bond donors (Lipinski definition) is 3. The Morgan fingerprint density at radius 1 is 0.911 bits per heavy atom. The van der Waals surface area contributed by atoms with Gasteiger partial charge in [0.2, 0.25) is 11.8 Å². The van der Waals surface area contributed by atoms with E-state index < -0.39 is 65.7 Å². The quantitative estimate of drug-likeness (QED) is 0.240. The molecule has 2 rings (SSSR count). The number of aromatic hydroxyl groups is 1. The number of amides is 3. The number of benzene rings is 2. The molecule has 3 amide bonds. The molecule has 0 aliphatic heterocycles. The van der Waals surface area contributed by atoms with Gasteiger partial charge in [-0.05, 0) is 65.5 Å². The van der Waals surface area contributed by atoms with Crippen molar-refractivity contribution >= 4 is 23.9 Å². The molecule has 3 atom stereocenters. The number of rotatable bonds is 11. The summed E-state index contributed by atoms with van der Waals surface area (Å²) < 4.78 is 11.0. The molecule has 3 unspecified atom stereocenters. The maximum atomic E-state index is 14.3. The van der Waals surface area contributed by atoms with Gasteiger partial charge in [0.1, 0.15) is 41.6 Å². The van der Waals surface area contributed by atoms with E-state index in [0.717, 1.165) is 10.5 Å². The van der Waals surface area contributed by atoms with E-state index >= 15 is 0 Å². The summed E-state index contributed by atoms with van der Waals surface area (Å²) in [6, 6.07) is 11.7. The number of hydrogen-bond acceptors (Lipinski definition) is 8. The molecular weight excluding hydrogens is 576 g/mol. The first-order valence-corrected chi connectivity index (χ1v) is 14.9. The Labute approximate surface area is 265 Å². The first-order valence-electron chi connectivity index (χ1n) is 14.9. The summed E-state index contributed by atoms with van der Waals surface area (Å²) in [5.41, 5.74) is -0.485. The van der Waals surface area contributed by atoms with E-state index in [1.165, 1.54) is 6.07 Å². The highest BCUT2D eigenvalue weighted by molar-refractivity contribution is 5.94. The Morgan fingerprint density at radius 2 is 1.51 bits per heavy atom. The Hall–Kier alpha value is -4.59. The summed E-state index contributed by atoms with van der Waals surface area (Å²) in [6.07, 6.45) is -0.770. The van der Waals surface area contributed by atoms with Crippen molar-refractivity contribution in [3.8, 4) is 11.8 Å². The molecule has 11 nitrogen and oxygen atoms in total. The molecule has 11 heteroatoms. The second-order valence-electron chi connectivity index (χ2n) is 13.2. The Bertz CT molecular complexity index is 1390. The average Bonchev–Trinajstić information content (AvgIpc) is 2.91. The predicted octanol–water partition coefficient (Wildman–Crippen LogP) is 4.71. The summed E-state index contributed by atoms with van der Waals surface area (Å²) in [5, 5.41) is 26.2. The Morgan fingerprint density at radius 3 is 2.04 bits per heavy atom. The van der Waals surface area contributed by atoms with Crippen molar-refractivity contribution < 1.29 is 33.8 Å². The fourth-order valence-corrected chi connectivity index (χ4v) is 4.52. The molecule has 0 aliphatic rings. The van der Waals surface area contributed by atoms with Gasteiger partial charge in [-0.15, -0.1) is 0 Å². The highest BCUT2D eigenvalue weighted by atomic mass is 16.6. The van der Waals surface area contributed by atoms with Crippen LogP contribution in [-0.4, -0.2) is 63.7 Å². The lowest BCUT2D eigenvalue weighted by atomic mass is 9.96. The molecule has 2 aromatic rings. The monoisotopic (exact) mass is 622 g/mol. The smallest absolute Gasteiger partial charge is 0.408 e. The highest BCUT2D eigenvalue weighted by Crippen LogP contribution is 2.33. The summed E-state index contributed by atoms with van der Waals surface area (Å²) in [5.74, 6) is -3.02. The standard InChI is InChI=1S/C34H46N4O7/c1-21(2)26(37-32(43)45-34(7,8)9)30(41)38(19-18-35)27(24-17-13-14-22(3)28(24)39)29(40)36-25(31(42)44-33(4,5)6)20-23-15-11-10-12-16-23/h10-17,21,25-27,39H,19-20H2,1-9H3,(H,36,40)(H,37,43). The number of phenols is 1. The topological polar surface area (TPSA) is 158 Å². The largest absolute Gasteiger partial charge is 0.507 e. The van der Waals surface area contributed by atoms with Crippen LogP contribution in [0.3, 0.4) is 0 Å². The van der Waals surface area contributed by atoms with Crippen molar-refractivity contribution in [2.75, 3.05) is 6.54 Å². The van der Waals surface area contributed by atoms with E-state index in [1.807, 2.05) is 12.1 Å². The number of para-hydroxylation sites is 1. The van der Waals surface area contributed by atoms with E-state index in [-0.39, 0.29) is 17.7 Å². The predicted molar refractivity (Wildman–Crippen MR) is 169 cm³/mol. The first-order chi connectivity index (χ1) is 20.8. The van der Waals surface area contributed by atoms with Crippen LogP contribution in [0.2, 0.25) is 0 Å². The van der Waals surface area contributed by atoms with Crippen LogP contribution in [0.4, 0.5) is 4.79 Å². The van der Waals surface area contributed by atoms with Crippen molar-refractivity contribution in [3.05, 3.63) is 65.2 Å². The number of phenolic OH excluding ortho intramolecular Hbond substituents is 1. The van der Waals surface area contributed by atoms with Crippen molar-refractivity contribution in [1.29, 1.82) is 5.26 Å². The van der Waals surface area contributed by atoms with E-state index in [1.54, 1.807) is 98.7 Å². The van der Waals surface area contributed by atoms with E-state index in [9.17, 15) is 29.5 Å². The van der Waals surface area contributed by atoms with Gasteiger partial charge in [-0.2, -0.15) is 5.26 Å². The van der Waals surface area contributed by atoms with Crippen molar-refractivity contribution in [3.63, 3.8) is 0 Å². The molecule has 3 N–H and O–H groups in total. The minimum Gasteiger partial charge on any atom is -0.507 e. The molecule has 244 valence electrons. The lowest BCUT2D eigenvalue weighted by molar-refractivity contribution is -0.159. The lowest BCUT2D eigenvalue weighted by Crippen LogP contribution is -2.56. The number of alkyl carbamates (subject to hydrolysis) is 1. The molecule has 2 aromatic carbocycles. The van der Waals surface area contributed by atoms with Gasteiger partial charge in [0, 0.05) is 12.0 Å². The average molecular weight is 623 g/mol. The Kier molecular flexibility index (Phi) is 12.5. The second-order valence-corrected chi connectivity index (χ2v) is 13.2. The SMILES string of the molecule is Cc1cccc(C(C(=O)NC(Cc2ccccc2)C(=O)OC(C)(C)C)N(CC#N)C(=O)C(NC(=O)OC(C)(C)C)C(C)C)c1O. The van der Waals surface area contributed by atoms with Crippen LogP contribution in [-0.2, 0) is 30.3 Å². The zero-order chi connectivity index (χ0) is 34.1. The van der Waals surface area contributed by atoms with Crippen LogP contribution in [0.15, 0.2) is 48.5 Å². The Balaban J connectivity index is 2.63. The minimum atomic E-state index is -1.56. The molecule has 0 saturated carbocycles. The molecular formula is C34H46N4O7. The van der Waals surface area contributed by atoms with Gasteiger partial charge in [0.15, 0.2) is 0 Å². The fourth-order valence-electron chi connectivity index (χ4n) is 4.52. The third-order valence-corrected chi connectivity index (χ3v) is 6.54. The number of ether oxygens (including phenoxy) is 2. The van der Waals surface area contributed by atoms with Gasteiger partial charge < -0.3 is 30.1 Å². The van der Waals surface area contributed by atoms with Gasteiger partial charge in [-0.1, -0.05) is 62.4 Å². The van der Waals surface area contributed by atoms with E-state index in [4.69, 9.17) is 9.47 Å². The van der Waals surface area contributed by atoms with Gasteiger partial charge in [0.25, 0.3) is 0 Å². The molecule has 0 aliphatic carbocycles. The van der Waals surface area contributed by atoms with Gasteiger partial charge in [0.05, 0.1) is 6.07 Å². The van der Waals surface area contributed by atoms with E-state index in [2.05, 4.69) is 10.6 Å². The van der Waals surface area contributed by atoms with Crippen LogP contribution < -0.4 is 10.6 Å². The van der Waals surface area contributed by atoms with Crippen molar-refractivity contribution in [2.24, 2.45) is 5.92 Å². The number of carbonyl (C=O) groups excluding carboxylic acids is 4. The molecule has 0 bridgehead atoms. The molecule has 45 heavy (non-hydrogen) atoms. The van der Waals surface area contributed by atoms with Gasteiger partial charge in [-0.3, -0.25) is 9.59 Å². The number of aryl methyl sites for hydroxylation is 1. The third kappa shape index (κ3) is 11.1. The minimum absolute atomic E-state index is 0.0403. The second kappa shape index (κ2) is 15.4. The van der Waals surface area contributed by atoms with Crippen LogP contribution >= 0.6 is 0 Å². The third-order valence-electron chi connectivity index (χ3n) is 6.54. The zero-order valence-electron chi connectivity index (χ0n) is 27.6. The lowest BCUT2D eigenvalue weighted by Gasteiger charge is -2.35. The van der Waals surface area contributed by atoms with Gasteiger partial charge >= 0.3 is 12.1 Å². The first kappa shape index (κ1) is 36.6. The maximum Gasteiger partial charge on any atom is 0.408 e. The highest BCUT2D eigenvalue weighted by Gasteiger charge is 2.40. The number of nitrogens with one attached hydrogen (secondary N) is 2. The van der Waals surface area contributed by atoms with Crippen LogP contribution in [0.5, 0.6) is 5.75 Å². The van der Waals surface area contributed by atoms with Crippen molar-refractivity contribution in [2.45, 2.75) is 98.1 Å².